The summed E-state index contributed by atoms with van der Waals surface area (Å²) >= 11 is 0. The first-order valence-electron chi connectivity index (χ1n) is 7.55. The first kappa shape index (κ1) is 16.6. The molecular weight excluding hydrogens is 293 g/mol. The maximum Gasteiger partial charge on any atom is 0.433 e. The van der Waals surface area contributed by atoms with Crippen LogP contribution in [0.5, 0.6) is 0 Å². The summed E-state index contributed by atoms with van der Waals surface area (Å²) in [5, 5.41) is 3.15. The predicted molar refractivity (Wildman–Crippen MR) is 79.2 cm³/mol. The van der Waals surface area contributed by atoms with E-state index in [1.165, 1.54) is 37.8 Å². The fourth-order valence-electron chi connectivity index (χ4n) is 2.57. The lowest BCUT2D eigenvalue weighted by molar-refractivity contribution is -0.141. The molecule has 0 amide bonds. The Bertz CT molecular complexity index is 506. The van der Waals surface area contributed by atoms with E-state index in [9.17, 15) is 13.2 Å². The summed E-state index contributed by atoms with van der Waals surface area (Å²) in [4.78, 5) is 7.66. The molecule has 7 heteroatoms. The van der Waals surface area contributed by atoms with Crippen molar-refractivity contribution in [2.75, 3.05) is 0 Å². The first-order valence-corrected chi connectivity index (χ1v) is 7.55. The number of aliphatic imine (C=N–C) groups is 1. The van der Waals surface area contributed by atoms with E-state index in [4.69, 9.17) is 5.73 Å². The number of nitrogens with one attached hydrogen (secondary N) is 1. The molecule has 1 fully saturated rings. The Morgan fingerprint density at radius 2 is 1.91 bits per heavy atom. The average Bonchev–Trinajstić information content (AvgIpc) is 2.73. The molecule has 0 saturated heterocycles. The fourth-order valence-corrected chi connectivity index (χ4v) is 2.57. The molecule has 1 saturated carbocycles. The van der Waals surface area contributed by atoms with Gasteiger partial charge in [0, 0.05) is 6.04 Å². The maximum absolute atomic E-state index is 12.6. The third-order valence-corrected chi connectivity index (χ3v) is 3.72. The van der Waals surface area contributed by atoms with E-state index in [1.54, 1.807) is 0 Å². The van der Waals surface area contributed by atoms with Crippen LogP contribution < -0.4 is 11.1 Å². The number of halogens is 3. The van der Waals surface area contributed by atoms with Gasteiger partial charge in [0.2, 0.25) is 0 Å². The highest BCUT2D eigenvalue weighted by atomic mass is 19.4. The highest BCUT2D eigenvalue weighted by Crippen LogP contribution is 2.27. The minimum Gasteiger partial charge on any atom is -0.370 e. The van der Waals surface area contributed by atoms with E-state index in [0.717, 1.165) is 18.9 Å². The number of aromatic nitrogens is 1. The number of hydrogen-bond donors (Lipinski definition) is 2. The van der Waals surface area contributed by atoms with Crippen molar-refractivity contribution in [3.8, 4) is 0 Å². The van der Waals surface area contributed by atoms with Crippen LogP contribution in [0, 0.1) is 0 Å². The Hall–Kier alpha value is -1.79. The lowest BCUT2D eigenvalue weighted by atomic mass is 10.1. The first-order chi connectivity index (χ1) is 10.4. The normalized spacial score (nSPS) is 18.0. The standard InChI is InChI=1S/C15H21F3N4/c16-15(17,18)13-9-5-8-12(21-13)10-20-14(19)22-11-6-3-1-2-4-7-11/h5,8-9,11H,1-4,6-7,10H2,(H3,19,20,22). The summed E-state index contributed by atoms with van der Waals surface area (Å²) < 4.78 is 37.7. The topological polar surface area (TPSA) is 63.3 Å². The molecule has 1 heterocycles. The molecule has 3 N–H and O–H groups in total. The van der Waals surface area contributed by atoms with Crippen LogP contribution in [0.1, 0.15) is 49.9 Å². The van der Waals surface area contributed by atoms with Gasteiger partial charge in [-0.15, -0.1) is 0 Å². The monoisotopic (exact) mass is 314 g/mol. The summed E-state index contributed by atoms with van der Waals surface area (Å²) in [5.41, 5.74) is 5.16. The van der Waals surface area contributed by atoms with Gasteiger partial charge in [-0.05, 0) is 25.0 Å². The highest BCUT2D eigenvalue weighted by molar-refractivity contribution is 5.78. The van der Waals surface area contributed by atoms with Gasteiger partial charge in [0.05, 0.1) is 12.2 Å². The zero-order valence-electron chi connectivity index (χ0n) is 12.4. The summed E-state index contributed by atoms with van der Waals surface area (Å²) in [7, 11) is 0. The van der Waals surface area contributed by atoms with Crippen LogP contribution in [-0.4, -0.2) is 17.0 Å². The molecule has 22 heavy (non-hydrogen) atoms. The van der Waals surface area contributed by atoms with E-state index < -0.39 is 11.9 Å². The molecule has 1 aliphatic carbocycles. The second-order valence-corrected chi connectivity index (χ2v) is 5.55. The van der Waals surface area contributed by atoms with Gasteiger partial charge in [0.15, 0.2) is 5.96 Å². The van der Waals surface area contributed by atoms with Crippen molar-refractivity contribution in [3.63, 3.8) is 0 Å². The molecule has 1 aromatic rings. The summed E-state index contributed by atoms with van der Waals surface area (Å²) in [5.74, 6) is 0.270. The molecule has 0 atom stereocenters. The molecular formula is C15H21F3N4. The Balaban J connectivity index is 1.92. The number of rotatable bonds is 3. The van der Waals surface area contributed by atoms with E-state index in [0.29, 0.717) is 6.04 Å². The minimum atomic E-state index is -4.44. The molecule has 0 spiro atoms. The molecule has 0 bridgehead atoms. The quantitative estimate of drug-likeness (QED) is 0.511. The number of nitrogens with zero attached hydrogens (tertiary/aromatic N) is 2. The molecule has 0 unspecified atom stereocenters. The van der Waals surface area contributed by atoms with Gasteiger partial charge in [-0.2, -0.15) is 13.2 Å². The van der Waals surface area contributed by atoms with Crippen LogP contribution in [0.2, 0.25) is 0 Å². The van der Waals surface area contributed by atoms with Crippen molar-refractivity contribution < 1.29 is 13.2 Å². The van der Waals surface area contributed by atoms with E-state index in [2.05, 4.69) is 15.3 Å². The SMILES string of the molecule is NC(=NCc1cccc(C(F)(F)F)n1)NC1CCCCCC1. The third kappa shape index (κ3) is 5.20. The van der Waals surface area contributed by atoms with Crippen LogP contribution >= 0.6 is 0 Å². The number of guanidine groups is 1. The Labute approximate surface area is 128 Å². The van der Waals surface area contributed by atoms with Crippen molar-refractivity contribution >= 4 is 5.96 Å². The van der Waals surface area contributed by atoms with Crippen LogP contribution in [0.3, 0.4) is 0 Å². The molecule has 1 aromatic heterocycles. The molecule has 2 rings (SSSR count). The highest BCUT2D eigenvalue weighted by Gasteiger charge is 2.32. The Morgan fingerprint density at radius 1 is 1.23 bits per heavy atom. The zero-order valence-corrected chi connectivity index (χ0v) is 12.4. The van der Waals surface area contributed by atoms with Crippen molar-refractivity contribution in [3.05, 3.63) is 29.6 Å². The van der Waals surface area contributed by atoms with Crippen molar-refractivity contribution in [1.29, 1.82) is 0 Å². The third-order valence-electron chi connectivity index (χ3n) is 3.72. The molecule has 122 valence electrons. The van der Waals surface area contributed by atoms with Crippen LogP contribution in [-0.2, 0) is 12.7 Å². The van der Waals surface area contributed by atoms with E-state index in [-0.39, 0.29) is 18.2 Å². The molecule has 0 aromatic carbocycles. The summed E-state index contributed by atoms with van der Waals surface area (Å²) in [6.07, 6.45) is 2.48. The van der Waals surface area contributed by atoms with Crippen LogP contribution in [0.15, 0.2) is 23.2 Å². The van der Waals surface area contributed by atoms with Gasteiger partial charge in [0.25, 0.3) is 0 Å². The molecule has 4 nitrogen and oxygen atoms in total. The van der Waals surface area contributed by atoms with Gasteiger partial charge in [0.1, 0.15) is 5.69 Å². The Morgan fingerprint density at radius 3 is 2.55 bits per heavy atom. The van der Waals surface area contributed by atoms with Gasteiger partial charge < -0.3 is 11.1 Å². The van der Waals surface area contributed by atoms with Gasteiger partial charge in [-0.25, -0.2) is 9.98 Å². The van der Waals surface area contributed by atoms with Crippen molar-refractivity contribution in [1.82, 2.24) is 10.3 Å². The summed E-state index contributed by atoms with van der Waals surface area (Å²) in [6.45, 7) is 0.0372. The minimum absolute atomic E-state index is 0.0372. The molecule has 1 aliphatic rings. The number of hydrogen-bond acceptors (Lipinski definition) is 2. The van der Waals surface area contributed by atoms with Gasteiger partial charge >= 0.3 is 6.18 Å². The van der Waals surface area contributed by atoms with E-state index >= 15 is 0 Å². The van der Waals surface area contributed by atoms with Gasteiger partial charge in [-0.3, -0.25) is 0 Å². The lowest BCUT2D eigenvalue weighted by Crippen LogP contribution is -2.39. The van der Waals surface area contributed by atoms with Crippen molar-refractivity contribution in [2.24, 2.45) is 10.7 Å². The van der Waals surface area contributed by atoms with Crippen LogP contribution in [0.4, 0.5) is 13.2 Å². The predicted octanol–water partition coefficient (Wildman–Crippen LogP) is 3.23. The molecule has 0 aliphatic heterocycles. The largest absolute Gasteiger partial charge is 0.433 e. The summed E-state index contributed by atoms with van der Waals surface area (Å²) in [6, 6.07) is 4.09. The average molecular weight is 314 g/mol. The fraction of sp³-hybridized carbons (Fsp3) is 0.600. The second-order valence-electron chi connectivity index (χ2n) is 5.55. The molecule has 0 radical (unpaired) electrons. The van der Waals surface area contributed by atoms with Crippen molar-refractivity contribution in [2.45, 2.75) is 57.3 Å². The van der Waals surface area contributed by atoms with Crippen LogP contribution in [0.25, 0.3) is 0 Å². The Kier molecular flexibility index (Phi) is 5.63. The second kappa shape index (κ2) is 7.47. The number of pyridine rings is 1. The maximum atomic E-state index is 12.6. The smallest absolute Gasteiger partial charge is 0.370 e. The zero-order chi connectivity index (χ0) is 16.0. The lowest BCUT2D eigenvalue weighted by Gasteiger charge is -2.16. The van der Waals surface area contributed by atoms with E-state index in [1.807, 2.05) is 0 Å². The van der Waals surface area contributed by atoms with Gasteiger partial charge in [-0.1, -0.05) is 31.7 Å². The number of alkyl halides is 3. The number of nitrogens with two attached hydrogens (primary N) is 1.